The van der Waals surface area contributed by atoms with Gasteiger partial charge in [0.15, 0.2) is 11.6 Å². The highest BCUT2D eigenvalue weighted by Crippen LogP contribution is 2.31. The topological polar surface area (TPSA) is 90.4 Å². The lowest BCUT2D eigenvalue weighted by molar-refractivity contribution is 0.0636. The van der Waals surface area contributed by atoms with E-state index in [1.165, 1.54) is 0 Å². The lowest BCUT2D eigenvalue weighted by Gasteiger charge is -2.19. The number of carbonyl (C=O) groups is 1. The van der Waals surface area contributed by atoms with Gasteiger partial charge in [0.05, 0.1) is 5.02 Å². The van der Waals surface area contributed by atoms with E-state index < -0.39 is 11.7 Å². The molecule has 0 saturated heterocycles. The molecule has 112 valence electrons. The average molecular weight is 310 g/mol. The summed E-state index contributed by atoms with van der Waals surface area (Å²) in [4.78, 5) is 11.7. The molecule has 1 aromatic carbocycles. The number of halogens is 1. The summed E-state index contributed by atoms with van der Waals surface area (Å²) in [7, 11) is 0. The van der Waals surface area contributed by atoms with Crippen LogP contribution >= 0.6 is 11.6 Å². The van der Waals surface area contributed by atoms with E-state index in [9.17, 15) is 4.79 Å². The molecule has 0 radical (unpaired) electrons. The maximum Gasteiger partial charge on any atom is 0.412 e. The number of rotatable bonds is 2. The molecule has 2 rings (SSSR count). The van der Waals surface area contributed by atoms with E-state index in [-0.39, 0.29) is 5.82 Å². The Kier molecular flexibility index (Phi) is 4.09. The number of carbonyl (C=O) groups excluding carboxylic acids is 1. The molecule has 1 amide bonds. The van der Waals surface area contributed by atoms with E-state index in [2.05, 4.69) is 10.5 Å². The summed E-state index contributed by atoms with van der Waals surface area (Å²) in [6.07, 6.45) is -0.548. The van der Waals surface area contributed by atoms with Crippen LogP contribution in [0.15, 0.2) is 28.8 Å². The molecule has 3 N–H and O–H groups in total. The van der Waals surface area contributed by atoms with Crippen LogP contribution in [0.2, 0.25) is 5.02 Å². The molecule has 1 aromatic heterocycles. The minimum Gasteiger partial charge on any atom is -0.444 e. The van der Waals surface area contributed by atoms with Gasteiger partial charge in [0.25, 0.3) is 0 Å². The first-order chi connectivity index (χ1) is 9.74. The molecular weight excluding hydrogens is 294 g/mol. The quantitative estimate of drug-likeness (QED) is 0.877. The summed E-state index contributed by atoms with van der Waals surface area (Å²) < 4.78 is 10.3. The van der Waals surface area contributed by atoms with Gasteiger partial charge in [0.2, 0.25) is 0 Å². The fourth-order valence-corrected chi connectivity index (χ4v) is 1.84. The number of amides is 1. The molecule has 6 nitrogen and oxygen atoms in total. The number of nitrogens with zero attached hydrogens (tertiary/aromatic N) is 1. The van der Waals surface area contributed by atoms with Gasteiger partial charge in [-0.3, -0.25) is 5.32 Å². The molecule has 0 bridgehead atoms. The second kappa shape index (κ2) is 5.65. The fourth-order valence-electron chi connectivity index (χ4n) is 1.63. The predicted octanol–water partition coefficient (Wildman–Crippen LogP) is 3.92. The van der Waals surface area contributed by atoms with Crippen molar-refractivity contribution in [2.24, 2.45) is 0 Å². The highest BCUT2D eigenvalue weighted by Gasteiger charge is 2.17. The van der Waals surface area contributed by atoms with Gasteiger partial charge in [-0.2, -0.15) is 0 Å². The first kappa shape index (κ1) is 15.2. The monoisotopic (exact) mass is 309 g/mol. The third-order valence-electron chi connectivity index (χ3n) is 2.41. The summed E-state index contributed by atoms with van der Waals surface area (Å²) in [6, 6.07) is 6.52. The molecule has 0 spiro atoms. The molecule has 0 aliphatic heterocycles. The van der Waals surface area contributed by atoms with Gasteiger partial charge >= 0.3 is 6.09 Å². The third-order valence-corrected chi connectivity index (χ3v) is 2.74. The molecule has 1 heterocycles. The zero-order valence-electron chi connectivity index (χ0n) is 11.9. The average Bonchev–Trinajstić information content (AvgIpc) is 2.76. The minimum absolute atomic E-state index is 0.256. The number of nitrogens with one attached hydrogen (secondary N) is 1. The van der Waals surface area contributed by atoms with Crippen LogP contribution in [-0.4, -0.2) is 16.9 Å². The molecule has 2 aromatic rings. The third kappa shape index (κ3) is 4.13. The standard InChI is InChI=1S/C14H16ClN3O3/c1-14(2,3)20-13(19)17-8-4-5-10(15)9(6-8)11-7-12(16)18-21-11/h4-7H,1-3H3,(H2,16,18)(H,17,19). The van der Waals surface area contributed by atoms with Crippen molar-refractivity contribution in [1.82, 2.24) is 5.16 Å². The van der Waals surface area contributed by atoms with Gasteiger partial charge in [-0.25, -0.2) is 4.79 Å². The van der Waals surface area contributed by atoms with Crippen molar-refractivity contribution in [2.45, 2.75) is 26.4 Å². The van der Waals surface area contributed by atoms with E-state index >= 15 is 0 Å². The van der Waals surface area contributed by atoms with Crippen LogP contribution in [-0.2, 0) is 4.74 Å². The summed E-state index contributed by atoms with van der Waals surface area (Å²) in [5.74, 6) is 0.678. The van der Waals surface area contributed by atoms with Crippen molar-refractivity contribution in [3.8, 4) is 11.3 Å². The summed E-state index contributed by atoms with van der Waals surface area (Å²) in [5.41, 5.74) is 6.05. The smallest absolute Gasteiger partial charge is 0.412 e. The molecule has 0 aliphatic carbocycles. The van der Waals surface area contributed by atoms with Gasteiger partial charge in [-0.1, -0.05) is 16.8 Å². The number of nitrogen functional groups attached to an aromatic ring is 1. The zero-order valence-corrected chi connectivity index (χ0v) is 12.7. The maximum absolute atomic E-state index is 11.7. The van der Waals surface area contributed by atoms with Crippen LogP contribution in [0, 0.1) is 0 Å². The Labute approximate surface area is 127 Å². The second-order valence-corrected chi connectivity index (χ2v) is 5.84. The normalized spacial score (nSPS) is 11.2. The van der Waals surface area contributed by atoms with E-state index in [0.717, 1.165) is 0 Å². The Morgan fingerprint density at radius 1 is 1.38 bits per heavy atom. The van der Waals surface area contributed by atoms with Crippen molar-refractivity contribution < 1.29 is 14.1 Å². The number of aromatic nitrogens is 1. The highest BCUT2D eigenvalue weighted by molar-refractivity contribution is 6.33. The minimum atomic E-state index is -0.571. The molecule has 0 unspecified atom stereocenters. The summed E-state index contributed by atoms with van der Waals surface area (Å²) >= 11 is 6.11. The van der Waals surface area contributed by atoms with Gasteiger partial charge in [0, 0.05) is 17.3 Å². The van der Waals surface area contributed by atoms with Gasteiger partial charge in [0.1, 0.15) is 5.60 Å². The van der Waals surface area contributed by atoms with Crippen molar-refractivity contribution in [2.75, 3.05) is 11.1 Å². The number of ether oxygens (including phenoxy) is 1. The molecule has 21 heavy (non-hydrogen) atoms. The molecule has 7 heteroatoms. The van der Waals surface area contributed by atoms with Crippen LogP contribution in [0.5, 0.6) is 0 Å². The molecular formula is C14H16ClN3O3. The molecule has 0 fully saturated rings. The van der Waals surface area contributed by atoms with Crippen molar-refractivity contribution in [3.63, 3.8) is 0 Å². The van der Waals surface area contributed by atoms with Gasteiger partial charge < -0.3 is 15.0 Å². The number of benzene rings is 1. The lowest BCUT2D eigenvalue weighted by Crippen LogP contribution is -2.27. The molecule has 0 saturated carbocycles. The Morgan fingerprint density at radius 2 is 2.10 bits per heavy atom. The van der Waals surface area contributed by atoms with Crippen molar-refractivity contribution in [3.05, 3.63) is 29.3 Å². The first-order valence-electron chi connectivity index (χ1n) is 6.27. The largest absolute Gasteiger partial charge is 0.444 e. The van der Waals surface area contributed by atoms with Crippen LogP contribution < -0.4 is 11.1 Å². The van der Waals surface area contributed by atoms with Crippen LogP contribution in [0.3, 0.4) is 0 Å². The number of anilines is 2. The Bertz CT molecular complexity index is 662. The van der Waals surface area contributed by atoms with Gasteiger partial charge in [-0.15, -0.1) is 0 Å². The van der Waals surface area contributed by atoms with E-state index in [0.29, 0.717) is 22.0 Å². The second-order valence-electron chi connectivity index (χ2n) is 5.44. The molecule has 0 atom stereocenters. The summed E-state index contributed by atoms with van der Waals surface area (Å²) in [6.45, 7) is 5.37. The van der Waals surface area contributed by atoms with Crippen molar-refractivity contribution >= 4 is 29.2 Å². The van der Waals surface area contributed by atoms with E-state index in [1.54, 1.807) is 45.0 Å². The Morgan fingerprint density at radius 3 is 2.67 bits per heavy atom. The Hall–Kier alpha value is -2.21. The van der Waals surface area contributed by atoms with Gasteiger partial charge in [-0.05, 0) is 39.0 Å². The lowest BCUT2D eigenvalue weighted by atomic mass is 10.1. The van der Waals surface area contributed by atoms with Crippen molar-refractivity contribution in [1.29, 1.82) is 0 Å². The maximum atomic E-state index is 11.7. The molecule has 0 aliphatic rings. The Balaban J connectivity index is 2.21. The number of hydrogen-bond donors (Lipinski definition) is 2. The predicted molar refractivity (Wildman–Crippen MR) is 81.2 cm³/mol. The zero-order chi connectivity index (χ0) is 15.6. The number of hydrogen-bond acceptors (Lipinski definition) is 5. The first-order valence-corrected chi connectivity index (χ1v) is 6.64. The van der Waals surface area contributed by atoms with E-state index in [1.807, 2.05) is 0 Å². The fraction of sp³-hybridized carbons (Fsp3) is 0.286. The van der Waals surface area contributed by atoms with Crippen LogP contribution in [0.4, 0.5) is 16.3 Å². The SMILES string of the molecule is CC(C)(C)OC(=O)Nc1ccc(Cl)c(-c2cc(N)no2)c1. The van der Waals surface area contributed by atoms with Crippen LogP contribution in [0.1, 0.15) is 20.8 Å². The van der Waals surface area contributed by atoms with E-state index in [4.69, 9.17) is 26.6 Å². The van der Waals surface area contributed by atoms with Crippen LogP contribution in [0.25, 0.3) is 11.3 Å². The summed E-state index contributed by atoms with van der Waals surface area (Å²) in [5, 5.41) is 6.69. The highest BCUT2D eigenvalue weighted by atomic mass is 35.5. The number of nitrogens with two attached hydrogens (primary N) is 1.